The fourth-order valence-corrected chi connectivity index (χ4v) is 9.58. The van der Waals surface area contributed by atoms with Crippen LogP contribution in [0.15, 0.2) is 188 Å². The molecule has 1 nitrogen and oxygen atoms in total. The van der Waals surface area contributed by atoms with Crippen molar-refractivity contribution in [3.05, 3.63) is 210 Å². The van der Waals surface area contributed by atoms with Crippen LogP contribution in [0.2, 0.25) is 0 Å². The van der Waals surface area contributed by atoms with E-state index >= 15 is 0 Å². The molecule has 0 spiro atoms. The second-order valence-corrected chi connectivity index (χ2v) is 16.1. The normalized spacial score (nSPS) is 14.1. The van der Waals surface area contributed by atoms with Gasteiger partial charge in [0.2, 0.25) is 0 Å². The molecule has 0 unspecified atom stereocenters. The maximum absolute atomic E-state index is 2.47. The second kappa shape index (κ2) is 12.6. The molecular weight excluding hydrogens is 663 g/mol. The Labute approximate surface area is 325 Å². The SMILES string of the molecule is CC1(C)c2ccccc2-c2ccc(N(c3cccc(-c4cccc5c4C(C)(C)c4ccccc4-5)c3)c3ccc(-c4ccccc4)c(-c4ccccc4)c3)cc21. The number of hydrogen-bond donors (Lipinski definition) is 0. The van der Waals surface area contributed by atoms with Crippen molar-refractivity contribution in [3.8, 4) is 55.6 Å². The molecule has 0 saturated carbocycles. The predicted octanol–water partition coefficient (Wildman–Crippen LogP) is 14.8. The van der Waals surface area contributed by atoms with Crippen molar-refractivity contribution >= 4 is 17.1 Å². The molecule has 0 heterocycles. The first-order chi connectivity index (χ1) is 26.8. The summed E-state index contributed by atoms with van der Waals surface area (Å²) in [5, 5.41) is 0. The van der Waals surface area contributed by atoms with Crippen LogP contribution in [0.4, 0.5) is 17.1 Å². The van der Waals surface area contributed by atoms with Gasteiger partial charge in [-0.25, -0.2) is 0 Å². The molecule has 0 N–H and O–H groups in total. The Morgan fingerprint density at radius 1 is 0.291 bits per heavy atom. The van der Waals surface area contributed by atoms with Crippen LogP contribution in [0.3, 0.4) is 0 Å². The Morgan fingerprint density at radius 2 is 0.764 bits per heavy atom. The minimum atomic E-state index is -0.118. The van der Waals surface area contributed by atoms with Gasteiger partial charge in [-0.1, -0.05) is 179 Å². The van der Waals surface area contributed by atoms with Crippen LogP contribution >= 0.6 is 0 Å². The summed E-state index contributed by atoms with van der Waals surface area (Å²) in [7, 11) is 0. The number of fused-ring (bicyclic) bond motifs is 6. The van der Waals surface area contributed by atoms with Crippen molar-refractivity contribution in [1.29, 1.82) is 0 Å². The molecule has 0 fully saturated rings. The minimum absolute atomic E-state index is 0.114. The van der Waals surface area contributed by atoms with E-state index in [1.807, 2.05) is 0 Å². The first-order valence-corrected chi connectivity index (χ1v) is 19.4. The van der Waals surface area contributed by atoms with Gasteiger partial charge in [-0.3, -0.25) is 0 Å². The summed E-state index contributed by atoms with van der Waals surface area (Å²) >= 11 is 0. The summed E-state index contributed by atoms with van der Waals surface area (Å²) in [6.07, 6.45) is 0. The van der Waals surface area contributed by atoms with Gasteiger partial charge in [-0.2, -0.15) is 0 Å². The van der Waals surface area contributed by atoms with E-state index in [1.165, 1.54) is 77.9 Å². The smallest absolute Gasteiger partial charge is 0.0468 e. The fraction of sp³-hybridized carbons (Fsp3) is 0.111. The molecule has 8 aromatic carbocycles. The van der Waals surface area contributed by atoms with Crippen molar-refractivity contribution in [2.75, 3.05) is 4.90 Å². The quantitative estimate of drug-likeness (QED) is 0.166. The molecule has 1 heteroatoms. The van der Waals surface area contributed by atoms with E-state index in [0.29, 0.717) is 0 Å². The Morgan fingerprint density at radius 3 is 1.47 bits per heavy atom. The van der Waals surface area contributed by atoms with Crippen molar-refractivity contribution in [2.24, 2.45) is 0 Å². The zero-order chi connectivity index (χ0) is 37.3. The lowest BCUT2D eigenvalue weighted by Gasteiger charge is -2.30. The average Bonchev–Trinajstić information content (AvgIpc) is 3.61. The minimum Gasteiger partial charge on any atom is -0.310 e. The third-order valence-corrected chi connectivity index (χ3v) is 12.3. The van der Waals surface area contributed by atoms with Gasteiger partial charge in [0.15, 0.2) is 0 Å². The molecule has 10 rings (SSSR count). The van der Waals surface area contributed by atoms with Gasteiger partial charge in [0.1, 0.15) is 0 Å². The maximum atomic E-state index is 2.47. The fourth-order valence-electron chi connectivity index (χ4n) is 9.58. The van der Waals surface area contributed by atoms with Crippen LogP contribution in [0.25, 0.3) is 55.6 Å². The number of hydrogen-bond acceptors (Lipinski definition) is 1. The predicted molar refractivity (Wildman–Crippen MR) is 233 cm³/mol. The van der Waals surface area contributed by atoms with Crippen LogP contribution in [-0.2, 0) is 10.8 Å². The lowest BCUT2D eigenvalue weighted by atomic mass is 9.79. The van der Waals surface area contributed by atoms with Crippen LogP contribution in [-0.4, -0.2) is 0 Å². The summed E-state index contributed by atoms with van der Waals surface area (Å²) in [6.45, 7) is 9.48. The summed E-state index contributed by atoms with van der Waals surface area (Å²) in [5.74, 6) is 0. The van der Waals surface area contributed by atoms with E-state index in [9.17, 15) is 0 Å². The molecule has 0 bridgehead atoms. The highest BCUT2D eigenvalue weighted by Crippen LogP contribution is 2.54. The topological polar surface area (TPSA) is 3.24 Å². The third-order valence-electron chi connectivity index (χ3n) is 12.3. The summed E-state index contributed by atoms with van der Waals surface area (Å²) < 4.78 is 0. The molecule has 0 amide bonds. The average molecular weight is 706 g/mol. The van der Waals surface area contributed by atoms with E-state index in [4.69, 9.17) is 0 Å². The molecule has 2 aliphatic carbocycles. The first kappa shape index (κ1) is 33.2. The van der Waals surface area contributed by atoms with Gasteiger partial charge in [0.05, 0.1) is 0 Å². The molecule has 0 atom stereocenters. The van der Waals surface area contributed by atoms with Gasteiger partial charge in [-0.15, -0.1) is 0 Å². The lowest BCUT2D eigenvalue weighted by molar-refractivity contribution is 0.660. The molecule has 8 aromatic rings. The van der Waals surface area contributed by atoms with E-state index in [1.54, 1.807) is 0 Å². The number of benzene rings is 8. The highest BCUT2D eigenvalue weighted by atomic mass is 15.1. The zero-order valence-corrected chi connectivity index (χ0v) is 31.8. The Hall–Kier alpha value is -6.44. The van der Waals surface area contributed by atoms with Crippen LogP contribution in [0.5, 0.6) is 0 Å². The monoisotopic (exact) mass is 705 g/mol. The summed E-state index contributed by atoms with van der Waals surface area (Å²) in [5.41, 5.74) is 21.4. The van der Waals surface area contributed by atoms with Gasteiger partial charge in [0, 0.05) is 27.9 Å². The molecule has 0 aromatic heterocycles. The van der Waals surface area contributed by atoms with Crippen molar-refractivity contribution in [1.82, 2.24) is 0 Å². The lowest BCUT2D eigenvalue weighted by Crippen LogP contribution is -2.17. The van der Waals surface area contributed by atoms with Crippen molar-refractivity contribution in [3.63, 3.8) is 0 Å². The number of rotatable bonds is 6. The van der Waals surface area contributed by atoms with Crippen LogP contribution in [0.1, 0.15) is 49.9 Å². The highest BCUT2D eigenvalue weighted by Gasteiger charge is 2.38. The number of nitrogens with zero attached hydrogens (tertiary/aromatic N) is 1. The Kier molecular flexibility index (Phi) is 7.58. The zero-order valence-electron chi connectivity index (χ0n) is 31.8. The molecule has 2 aliphatic rings. The molecule has 0 radical (unpaired) electrons. The number of anilines is 3. The third kappa shape index (κ3) is 5.22. The molecule has 0 saturated heterocycles. The Bertz CT molecular complexity index is 2750. The van der Waals surface area contributed by atoms with E-state index < -0.39 is 0 Å². The Balaban J connectivity index is 1.18. The first-order valence-electron chi connectivity index (χ1n) is 19.4. The highest BCUT2D eigenvalue weighted by molar-refractivity contribution is 5.93. The van der Waals surface area contributed by atoms with Gasteiger partial charge in [-0.05, 0) is 114 Å². The molecule has 0 aliphatic heterocycles. The van der Waals surface area contributed by atoms with E-state index in [-0.39, 0.29) is 10.8 Å². The largest absolute Gasteiger partial charge is 0.310 e. The van der Waals surface area contributed by atoms with Crippen LogP contribution in [0, 0.1) is 0 Å². The second-order valence-electron chi connectivity index (χ2n) is 16.1. The van der Waals surface area contributed by atoms with Crippen molar-refractivity contribution < 1.29 is 0 Å². The summed E-state index contributed by atoms with van der Waals surface area (Å²) in [6, 6.07) is 69.5. The van der Waals surface area contributed by atoms with E-state index in [2.05, 4.69) is 221 Å². The molecule has 264 valence electrons. The maximum Gasteiger partial charge on any atom is 0.0468 e. The molecule has 55 heavy (non-hydrogen) atoms. The van der Waals surface area contributed by atoms with Gasteiger partial charge >= 0.3 is 0 Å². The standard InChI is InChI=1S/C54H43N/c1-53(2)49-27-13-11-23-44(49)46-32-30-41(35-51(46)53)55(40-29-31-42(36-17-7-5-8-18-36)48(34-40)37-19-9-6-10-20-37)39-22-15-21-38(33-39)43-25-16-26-47-45-24-12-14-28-50(45)54(3,4)52(43)47/h5-35H,1-4H3. The van der Waals surface area contributed by atoms with E-state index in [0.717, 1.165) is 17.1 Å². The van der Waals surface area contributed by atoms with Crippen molar-refractivity contribution in [2.45, 2.75) is 38.5 Å². The molecular formula is C54H43N. The van der Waals surface area contributed by atoms with Crippen LogP contribution < -0.4 is 4.90 Å². The van der Waals surface area contributed by atoms with Gasteiger partial charge in [0.25, 0.3) is 0 Å². The summed E-state index contributed by atoms with van der Waals surface area (Å²) in [4.78, 5) is 2.47. The van der Waals surface area contributed by atoms with Gasteiger partial charge < -0.3 is 4.90 Å².